The van der Waals surface area contributed by atoms with Gasteiger partial charge in [0, 0.05) is 18.5 Å². The maximum absolute atomic E-state index is 11.8. The van der Waals surface area contributed by atoms with Gasteiger partial charge in [-0.25, -0.2) is 0 Å². The Kier molecular flexibility index (Phi) is 9.29. The van der Waals surface area contributed by atoms with Crippen LogP contribution in [0.1, 0.15) is 69.3 Å². The Labute approximate surface area is 206 Å². The SMILES string of the molecule is Cl.Cl.OC1(C(CN2CCC(N3CCCC3)CC2)c2ccc3ccccc3c2)CCCCC1. The Hall–Kier alpha value is -0.840. The van der Waals surface area contributed by atoms with Crippen molar-refractivity contribution in [2.45, 2.75) is 75.3 Å². The molecule has 2 aliphatic heterocycles. The summed E-state index contributed by atoms with van der Waals surface area (Å²) in [5.41, 5.74) is 0.784. The van der Waals surface area contributed by atoms with Gasteiger partial charge >= 0.3 is 0 Å². The molecule has 178 valence electrons. The minimum Gasteiger partial charge on any atom is -0.389 e. The number of fused-ring (bicyclic) bond motifs is 1. The quantitative estimate of drug-likeness (QED) is 0.568. The zero-order chi connectivity index (χ0) is 20.4. The maximum Gasteiger partial charge on any atom is 0.0728 e. The number of benzene rings is 2. The van der Waals surface area contributed by atoms with Gasteiger partial charge in [-0.05, 0) is 81.0 Å². The van der Waals surface area contributed by atoms with Crippen molar-refractivity contribution in [3.63, 3.8) is 0 Å². The summed E-state index contributed by atoms with van der Waals surface area (Å²) in [5, 5.41) is 14.4. The topological polar surface area (TPSA) is 26.7 Å². The lowest BCUT2D eigenvalue weighted by Crippen LogP contribution is -2.48. The first-order chi connectivity index (χ1) is 14.7. The lowest BCUT2D eigenvalue weighted by Gasteiger charge is -2.44. The molecule has 1 saturated carbocycles. The molecule has 3 nitrogen and oxygen atoms in total. The number of piperidine rings is 1. The van der Waals surface area contributed by atoms with Crippen LogP contribution in [0.25, 0.3) is 10.8 Å². The van der Waals surface area contributed by atoms with Gasteiger partial charge in [-0.3, -0.25) is 0 Å². The third-order valence-electron chi connectivity index (χ3n) is 8.20. The first kappa shape index (κ1) is 25.8. The zero-order valence-corrected chi connectivity index (χ0v) is 20.9. The number of nitrogens with zero attached hydrogens (tertiary/aromatic N) is 2. The molecule has 0 bridgehead atoms. The molecular formula is C27H40Cl2N2O. The second kappa shape index (κ2) is 11.5. The van der Waals surface area contributed by atoms with Crippen LogP contribution in [0.4, 0.5) is 0 Å². The summed E-state index contributed by atoms with van der Waals surface area (Å²) in [6.07, 6.45) is 10.9. The van der Waals surface area contributed by atoms with Crippen LogP contribution in [0.2, 0.25) is 0 Å². The second-order valence-electron chi connectivity index (χ2n) is 10.1. The molecule has 2 heterocycles. The summed E-state index contributed by atoms with van der Waals surface area (Å²) in [4.78, 5) is 5.38. The Balaban J connectivity index is 0.00000144. The van der Waals surface area contributed by atoms with E-state index in [1.165, 1.54) is 74.6 Å². The summed E-state index contributed by atoms with van der Waals surface area (Å²) in [6.45, 7) is 5.98. The molecule has 0 aromatic heterocycles. The van der Waals surface area contributed by atoms with Gasteiger partial charge in [-0.1, -0.05) is 61.7 Å². The Morgan fingerprint density at radius 3 is 2.16 bits per heavy atom. The van der Waals surface area contributed by atoms with Crippen LogP contribution in [0.5, 0.6) is 0 Å². The average Bonchev–Trinajstić information content (AvgIpc) is 3.33. The third-order valence-corrected chi connectivity index (χ3v) is 8.20. The monoisotopic (exact) mass is 478 g/mol. The minimum absolute atomic E-state index is 0. The molecule has 1 N–H and O–H groups in total. The number of hydrogen-bond acceptors (Lipinski definition) is 3. The Morgan fingerprint density at radius 1 is 0.812 bits per heavy atom. The standard InChI is InChI=1S/C27H38N2O.2ClH/c30-27(14-4-1-5-15-27)26(24-11-10-22-8-2-3-9-23(22)20-24)21-28-18-12-25(13-19-28)29-16-6-7-17-29;;/h2-3,8-11,20,25-26,30H,1,4-7,12-19,21H2;2*1H. The summed E-state index contributed by atoms with van der Waals surface area (Å²) >= 11 is 0. The van der Waals surface area contributed by atoms with Gasteiger partial charge in [-0.15, -0.1) is 24.8 Å². The van der Waals surface area contributed by atoms with Crippen LogP contribution in [0, 0.1) is 0 Å². The molecule has 2 saturated heterocycles. The van der Waals surface area contributed by atoms with E-state index in [2.05, 4.69) is 52.3 Å². The van der Waals surface area contributed by atoms with E-state index in [-0.39, 0.29) is 30.7 Å². The van der Waals surface area contributed by atoms with E-state index >= 15 is 0 Å². The first-order valence-electron chi connectivity index (χ1n) is 12.4. The van der Waals surface area contributed by atoms with Crippen molar-refractivity contribution in [2.24, 2.45) is 0 Å². The van der Waals surface area contributed by atoms with E-state index in [1.807, 2.05) is 0 Å². The maximum atomic E-state index is 11.8. The highest BCUT2D eigenvalue weighted by molar-refractivity contribution is 5.85. The second-order valence-corrected chi connectivity index (χ2v) is 10.1. The largest absolute Gasteiger partial charge is 0.389 e. The molecule has 32 heavy (non-hydrogen) atoms. The van der Waals surface area contributed by atoms with Crippen LogP contribution >= 0.6 is 24.8 Å². The predicted molar refractivity (Wildman–Crippen MR) is 139 cm³/mol. The molecular weight excluding hydrogens is 439 g/mol. The van der Waals surface area contributed by atoms with E-state index in [0.717, 1.165) is 38.3 Å². The fourth-order valence-electron chi connectivity index (χ4n) is 6.35. The van der Waals surface area contributed by atoms with Crippen LogP contribution in [-0.2, 0) is 0 Å². The van der Waals surface area contributed by atoms with Crippen molar-refractivity contribution >= 4 is 35.6 Å². The number of aliphatic hydroxyl groups is 1. The molecule has 3 fully saturated rings. The lowest BCUT2D eigenvalue weighted by molar-refractivity contribution is -0.0338. The van der Waals surface area contributed by atoms with Gasteiger partial charge in [0.05, 0.1) is 5.60 Å². The Bertz CT molecular complexity index is 840. The molecule has 0 amide bonds. The molecule has 3 aliphatic rings. The summed E-state index contributed by atoms with van der Waals surface area (Å²) in [6, 6.07) is 16.3. The van der Waals surface area contributed by atoms with Gasteiger partial charge in [-0.2, -0.15) is 0 Å². The van der Waals surface area contributed by atoms with Gasteiger partial charge in [0.25, 0.3) is 0 Å². The smallest absolute Gasteiger partial charge is 0.0728 e. The summed E-state index contributed by atoms with van der Waals surface area (Å²) < 4.78 is 0. The van der Waals surface area contributed by atoms with Crippen molar-refractivity contribution in [3.8, 4) is 0 Å². The van der Waals surface area contributed by atoms with E-state index < -0.39 is 5.60 Å². The fourth-order valence-corrected chi connectivity index (χ4v) is 6.35. The number of halogens is 2. The highest BCUT2D eigenvalue weighted by Gasteiger charge is 2.40. The van der Waals surface area contributed by atoms with Crippen LogP contribution in [0.15, 0.2) is 42.5 Å². The third kappa shape index (κ3) is 5.62. The molecule has 2 aromatic carbocycles. The highest BCUT2D eigenvalue weighted by Crippen LogP contribution is 2.41. The molecule has 1 aliphatic carbocycles. The van der Waals surface area contributed by atoms with Crippen LogP contribution in [0.3, 0.4) is 0 Å². The van der Waals surface area contributed by atoms with Crippen molar-refractivity contribution in [2.75, 3.05) is 32.7 Å². The van der Waals surface area contributed by atoms with Crippen molar-refractivity contribution in [3.05, 3.63) is 48.0 Å². The van der Waals surface area contributed by atoms with Crippen LogP contribution in [-0.4, -0.2) is 59.3 Å². The lowest BCUT2D eigenvalue weighted by atomic mass is 9.72. The van der Waals surface area contributed by atoms with Gasteiger partial charge in [0.2, 0.25) is 0 Å². The van der Waals surface area contributed by atoms with E-state index in [4.69, 9.17) is 0 Å². The molecule has 1 atom stereocenters. The van der Waals surface area contributed by atoms with Crippen LogP contribution < -0.4 is 0 Å². The zero-order valence-electron chi connectivity index (χ0n) is 19.3. The van der Waals surface area contributed by atoms with E-state index in [1.54, 1.807) is 0 Å². The first-order valence-corrected chi connectivity index (χ1v) is 12.4. The van der Waals surface area contributed by atoms with Crippen molar-refractivity contribution in [1.29, 1.82) is 0 Å². The number of hydrogen-bond donors (Lipinski definition) is 1. The number of likely N-dealkylation sites (tertiary alicyclic amines) is 2. The summed E-state index contributed by atoms with van der Waals surface area (Å²) in [7, 11) is 0. The fraction of sp³-hybridized carbons (Fsp3) is 0.630. The minimum atomic E-state index is -0.549. The molecule has 0 spiro atoms. The molecule has 5 rings (SSSR count). The van der Waals surface area contributed by atoms with E-state index in [9.17, 15) is 5.11 Å². The molecule has 5 heteroatoms. The van der Waals surface area contributed by atoms with Gasteiger partial charge in [0.1, 0.15) is 0 Å². The predicted octanol–water partition coefficient (Wildman–Crippen LogP) is 6.02. The molecule has 0 radical (unpaired) electrons. The summed E-state index contributed by atoms with van der Waals surface area (Å²) in [5.74, 6) is 0.214. The number of rotatable bonds is 5. The normalized spacial score (nSPS) is 23.4. The van der Waals surface area contributed by atoms with Crippen molar-refractivity contribution in [1.82, 2.24) is 9.80 Å². The molecule has 1 unspecified atom stereocenters. The van der Waals surface area contributed by atoms with Crippen molar-refractivity contribution < 1.29 is 5.11 Å². The molecule has 2 aromatic rings. The Morgan fingerprint density at radius 2 is 1.47 bits per heavy atom. The van der Waals surface area contributed by atoms with Gasteiger partial charge in [0.15, 0.2) is 0 Å². The average molecular weight is 480 g/mol. The van der Waals surface area contributed by atoms with Gasteiger partial charge < -0.3 is 14.9 Å². The van der Waals surface area contributed by atoms with E-state index in [0.29, 0.717) is 0 Å². The highest BCUT2D eigenvalue weighted by atomic mass is 35.5.